The molecular formula is C15H22ClN3O2. The summed E-state index contributed by atoms with van der Waals surface area (Å²) in [5.41, 5.74) is 6.86. The number of nitrogens with two attached hydrogens (primary N) is 1. The Morgan fingerprint density at radius 3 is 2.81 bits per heavy atom. The Bertz CT molecular complexity index is 518. The number of hydrogen-bond acceptors (Lipinski definition) is 4. The van der Waals surface area contributed by atoms with Crippen molar-refractivity contribution in [2.45, 2.75) is 31.9 Å². The Labute approximate surface area is 130 Å². The number of hydrogen-bond donors (Lipinski definition) is 3. The molecule has 1 aliphatic carbocycles. The lowest BCUT2D eigenvalue weighted by atomic mass is 9.82. The average molecular weight is 312 g/mol. The maximum atomic E-state index is 12.3. The number of benzene rings is 1. The van der Waals surface area contributed by atoms with Crippen LogP contribution >= 0.6 is 11.6 Å². The van der Waals surface area contributed by atoms with Crippen LogP contribution in [0.25, 0.3) is 0 Å². The van der Waals surface area contributed by atoms with Crippen LogP contribution in [0.2, 0.25) is 5.02 Å². The van der Waals surface area contributed by atoms with E-state index in [4.69, 9.17) is 17.3 Å². The van der Waals surface area contributed by atoms with Gasteiger partial charge in [0.15, 0.2) is 0 Å². The van der Waals surface area contributed by atoms with Gasteiger partial charge in [-0.2, -0.15) is 0 Å². The zero-order chi connectivity index (χ0) is 15.6. The summed E-state index contributed by atoms with van der Waals surface area (Å²) >= 11 is 5.84. The van der Waals surface area contributed by atoms with Gasteiger partial charge in [0.25, 0.3) is 0 Å². The first kappa shape index (κ1) is 16.1. The van der Waals surface area contributed by atoms with E-state index in [-0.39, 0.29) is 18.1 Å². The minimum absolute atomic E-state index is 0.105. The average Bonchev–Trinajstić information content (AvgIpc) is 2.39. The van der Waals surface area contributed by atoms with Gasteiger partial charge >= 0.3 is 0 Å². The van der Waals surface area contributed by atoms with Crippen molar-refractivity contribution >= 4 is 28.9 Å². The summed E-state index contributed by atoms with van der Waals surface area (Å²) in [5, 5.41) is 12.7. The van der Waals surface area contributed by atoms with E-state index in [1.807, 2.05) is 18.9 Å². The molecule has 2 rings (SSSR count). The minimum atomic E-state index is -0.266. The van der Waals surface area contributed by atoms with Gasteiger partial charge in [0.1, 0.15) is 0 Å². The molecule has 5 nitrogen and oxygen atoms in total. The normalized spacial score (nSPS) is 22.7. The topological polar surface area (TPSA) is 78.6 Å². The maximum absolute atomic E-state index is 12.3. The van der Waals surface area contributed by atoms with E-state index in [9.17, 15) is 9.90 Å². The van der Waals surface area contributed by atoms with Crippen LogP contribution in [0.4, 0.5) is 11.4 Å². The van der Waals surface area contributed by atoms with E-state index in [1.54, 1.807) is 18.2 Å². The molecule has 1 unspecified atom stereocenters. The number of aliphatic hydroxyl groups is 1. The molecule has 1 atom stereocenters. The van der Waals surface area contributed by atoms with Crippen molar-refractivity contribution in [3.63, 3.8) is 0 Å². The second-order valence-corrected chi connectivity index (χ2v) is 6.26. The molecule has 1 fully saturated rings. The van der Waals surface area contributed by atoms with Crippen molar-refractivity contribution in [1.29, 1.82) is 0 Å². The number of rotatable bonds is 5. The molecular weight excluding hydrogens is 290 g/mol. The second-order valence-electron chi connectivity index (χ2n) is 5.83. The first-order chi connectivity index (χ1) is 9.86. The lowest BCUT2D eigenvalue weighted by molar-refractivity contribution is -0.120. The lowest BCUT2D eigenvalue weighted by Gasteiger charge is -2.36. The number of aliphatic hydroxyl groups excluding tert-OH is 1. The molecule has 21 heavy (non-hydrogen) atoms. The number of nitrogen functional groups attached to an aromatic ring is 1. The predicted molar refractivity (Wildman–Crippen MR) is 85.3 cm³/mol. The zero-order valence-electron chi connectivity index (χ0n) is 12.3. The maximum Gasteiger partial charge on any atom is 0.241 e. The number of nitrogens with zero attached hydrogens (tertiary/aromatic N) is 1. The summed E-state index contributed by atoms with van der Waals surface area (Å²) in [5.74, 6) is 0.368. The fraction of sp³-hybridized carbons (Fsp3) is 0.533. The van der Waals surface area contributed by atoms with E-state index in [2.05, 4.69) is 5.32 Å². The van der Waals surface area contributed by atoms with Gasteiger partial charge in [-0.25, -0.2) is 0 Å². The van der Waals surface area contributed by atoms with Gasteiger partial charge in [0.05, 0.1) is 23.5 Å². The third-order valence-electron chi connectivity index (χ3n) is 4.07. The van der Waals surface area contributed by atoms with E-state index >= 15 is 0 Å². The Balaban J connectivity index is 1.89. The van der Waals surface area contributed by atoms with Crippen LogP contribution < -0.4 is 11.1 Å². The van der Waals surface area contributed by atoms with Crippen LogP contribution in [-0.2, 0) is 4.79 Å². The Hall–Kier alpha value is -1.30. The summed E-state index contributed by atoms with van der Waals surface area (Å²) < 4.78 is 0. The van der Waals surface area contributed by atoms with Gasteiger partial charge in [-0.15, -0.1) is 0 Å². The van der Waals surface area contributed by atoms with E-state index in [1.165, 1.54) is 0 Å². The third kappa shape index (κ3) is 4.09. The van der Waals surface area contributed by atoms with Gasteiger partial charge in [0.2, 0.25) is 5.91 Å². The summed E-state index contributed by atoms with van der Waals surface area (Å²) in [7, 11) is 1.92. The van der Waals surface area contributed by atoms with Crippen LogP contribution in [-0.4, -0.2) is 41.7 Å². The fourth-order valence-corrected chi connectivity index (χ4v) is 2.68. The molecule has 0 bridgehead atoms. The molecule has 1 amide bonds. The van der Waals surface area contributed by atoms with Crippen molar-refractivity contribution in [2.75, 3.05) is 24.6 Å². The number of nitrogens with one attached hydrogen (secondary N) is 1. The van der Waals surface area contributed by atoms with E-state index in [0.29, 0.717) is 22.3 Å². The number of halogens is 1. The van der Waals surface area contributed by atoms with Crippen LogP contribution in [0.5, 0.6) is 0 Å². The highest BCUT2D eigenvalue weighted by Gasteiger charge is 2.30. The largest absolute Gasteiger partial charge is 0.397 e. The Kier molecular flexibility index (Phi) is 5.08. The molecule has 1 aromatic rings. The number of amides is 1. The molecule has 1 aromatic carbocycles. The monoisotopic (exact) mass is 311 g/mol. The minimum Gasteiger partial charge on any atom is -0.397 e. The van der Waals surface area contributed by atoms with Gasteiger partial charge in [-0.3, -0.25) is 9.69 Å². The predicted octanol–water partition coefficient (Wildman–Crippen LogP) is 1.95. The molecule has 0 radical (unpaired) electrons. The SMILES string of the molecule is CC(C(=O)Nc1ccc(Cl)cc1N)N(C)CC1CC(O)C1. The zero-order valence-corrected chi connectivity index (χ0v) is 13.1. The van der Waals surface area contributed by atoms with Gasteiger partial charge in [-0.05, 0) is 50.9 Å². The van der Waals surface area contributed by atoms with Crippen LogP contribution in [0.3, 0.4) is 0 Å². The quantitative estimate of drug-likeness (QED) is 0.726. The number of likely N-dealkylation sites (N-methyl/N-ethyl adjacent to an activating group) is 1. The standard InChI is InChI=1S/C15H22ClN3O2/c1-9(19(2)8-10-5-12(20)6-10)15(21)18-14-4-3-11(16)7-13(14)17/h3-4,7,9-10,12,20H,5-6,8,17H2,1-2H3,(H,18,21). The number of carbonyl (C=O) groups excluding carboxylic acids is 1. The third-order valence-corrected chi connectivity index (χ3v) is 4.30. The van der Waals surface area contributed by atoms with Crippen LogP contribution in [0.1, 0.15) is 19.8 Å². The molecule has 4 N–H and O–H groups in total. The summed E-state index contributed by atoms with van der Waals surface area (Å²) in [6.45, 7) is 2.66. The van der Waals surface area contributed by atoms with Crippen molar-refractivity contribution in [3.8, 4) is 0 Å². The van der Waals surface area contributed by atoms with Crippen molar-refractivity contribution < 1.29 is 9.90 Å². The van der Waals surface area contributed by atoms with Crippen LogP contribution in [0, 0.1) is 5.92 Å². The van der Waals surface area contributed by atoms with Gasteiger partial charge < -0.3 is 16.2 Å². The van der Waals surface area contributed by atoms with Gasteiger partial charge in [-0.1, -0.05) is 11.6 Å². The first-order valence-corrected chi connectivity index (χ1v) is 7.48. The van der Waals surface area contributed by atoms with Crippen molar-refractivity contribution in [3.05, 3.63) is 23.2 Å². The van der Waals surface area contributed by atoms with E-state index in [0.717, 1.165) is 19.4 Å². The Morgan fingerprint density at radius 1 is 1.57 bits per heavy atom. The second kappa shape index (κ2) is 6.64. The summed E-state index contributed by atoms with van der Waals surface area (Å²) in [4.78, 5) is 14.3. The fourth-order valence-electron chi connectivity index (χ4n) is 2.50. The van der Waals surface area contributed by atoms with Crippen molar-refractivity contribution in [2.24, 2.45) is 5.92 Å². The first-order valence-electron chi connectivity index (χ1n) is 7.11. The van der Waals surface area contributed by atoms with Crippen LogP contribution in [0.15, 0.2) is 18.2 Å². The molecule has 0 aliphatic heterocycles. The number of carbonyl (C=O) groups is 1. The smallest absolute Gasteiger partial charge is 0.241 e. The molecule has 0 spiro atoms. The molecule has 1 aliphatic rings. The van der Waals surface area contributed by atoms with E-state index < -0.39 is 0 Å². The summed E-state index contributed by atoms with van der Waals surface area (Å²) in [6, 6.07) is 4.74. The number of anilines is 2. The van der Waals surface area contributed by atoms with Crippen molar-refractivity contribution in [1.82, 2.24) is 4.90 Å². The molecule has 0 saturated heterocycles. The highest BCUT2D eigenvalue weighted by atomic mass is 35.5. The highest BCUT2D eigenvalue weighted by Crippen LogP contribution is 2.28. The lowest BCUT2D eigenvalue weighted by Crippen LogP contribution is -2.45. The summed E-state index contributed by atoms with van der Waals surface area (Å²) in [6.07, 6.45) is 1.48. The molecule has 1 saturated carbocycles. The molecule has 0 aromatic heterocycles. The molecule has 116 valence electrons. The highest BCUT2D eigenvalue weighted by molar-refractivity contribution is 6.31. The van der Waals surface area contributed by atoms with Gasteiger partial charge in [0, 0.05) is 11.6 Å². The Morgan fingerprint density at radius 2 is 2.24 bits per heavy atom. The molecule has 6 heteroatoms. The molecule has 0 heterocycles.